The van der Waals surface area contributed by atoms with Gasteiger partial charge in [-0.05, 0) is 60.4 Å². The van der Waals surface area contributed by atoms with Gasteiger partial charge in [0.25, 0.3) is 11.8 Å². The molecule has 6 nitrogen and oxygen atoms in total. The predicted octanol–water partition coefficient (Wildman–Crippen LogP) is 4.49. The molecule has 31 heavy (non-hydrogen) atoms. The maximum absolute atomic E-state index is 12.4. The van der Waals surface area contributed by atoms with Crippen LogP contribution in [0.1, 0.15) is 37.6 Å². The van der Waals surface area contributed by atoms with Gasteiger partial charge < -0.3 is 9.47 Å². The molecule has 162 valence electrons. The molecule has 0 aromatic heterocycles. The largest absolute Gasteiger partial charge is 0.494 e. The molecule has 0 fully saturated rings. The highest BCUT2D eigenvalue weighted by Crippen LogP contribution is 2.21. The first-order valence-corrected chi connectivity index (χ1v) is 10.4. The number of amides is 2. The van der Waals surface area contributed by atoms with E-state index in [1.807, 2.05) is 42.5 Å². The fourth-order valence-corrected chi connectivity index (χ4v) is 2.93. The van der Waals surface area contributed by atoms with Gasteiger partial charge >= 0.3 is 0 Å². The number of benzene rings is 3. The summed E-state index contributed by atoms with van der Waals surface area (Å²) in [5.74, 6) is 0.860. The number of rotatable bonds is 8. The van der Waals surface area contributed by atoms with Crippen molar-refractivity contribution in [3.63, 3.8) is 0 Å². The third-order valence-corrected chi connectivity index (χ3v) is 4.76. The molecule has 2 N–H and O–H groups in total. The summed E-state index contributed by atoms with van der Waals surface area (Å²) >= 11 is 0. The Balaban J connectivity index is 1.51. The topological polar surface area (TPSA) is 76.7 Å². The van der Waals surface area contributed by atoms with E-state index in [2.05, 4.69) is 24.7 Å². The minimum atomic E-state index is -0.785. The van der Waals surface area contributed by atoms with Gasteiger partial charge in [-0.15, -0.1) is 0 Å². The molecule has 6 heteroatoms. The first-order valence-electron chi connectivity index (χ1n) is 10.4. The van der Waals surface area contributed by atoms with Crippen molar-refractivity contribution < 1.29 is 19.1 Å². The third-order valence-electron chi connectivity index (χ3n) is 4.76. The third kappa shape index (κ3) is 6.47. The molecule has 0 aliphatic rings. The van der Waals surface area contributed by atoms with Crippen molar-refractivity contribution in [1.82, 2.24) is 10.9 Å². The van der Waals surface area contributed by atoms with Gasteiger partial charge in [-0.3, -0.25) is 20.4 Å². The number of nitrogens with one attached hydrogen (secondary N) is 2. The normalized spacial score (nSPS) is 11.7. The summed E-state index contributed by atoms with van der Waals surface area (Å²) in [4.78, 5) is 24.7. The van der Waals surface area contributed by atoms with Crippen LogP contribution in [0.15, 0.2) is 66.7 Å². The Kier molecular flexibility index (Phi) is 7.49. The minimum absolute atomic E-state index is 0.394. The van der Waals surface area contributed by atoms with Crippen LogP contribution in [0.3, 0.4) is 0 Å². The molecule has 0 aliphatic heterocycles. The zero-order valence-electron chi connectivity index (χ0n) is 18.1. The number of fused-ring (bicyclic) bond motifs is 1. The lowest BCUT2D eigenvalue weighted by atomic mass is 10.1. The van der Waals surface area contributed by atoms with Gasteiger partial charge in [0.2, 0.25) is 0 Å². The maximum atomic E-state index is 12.4. The molecular formula is C25H28N2O4. The van der Waals surface area contributed by atoms with E-state index in [1.54, 1.807) is 31.2 Å². The Labute approximate surface area is 182 Å². The van der Waals surface area contributed by atoms with Crippen molar-refractivity contribution in [3.05, 3.63) is 72.3 Å². The number of carbonyl (C=O) groups is 2. The van der Waals surface area contributed by atoms with Crippen LogP contribution >= 0.6 is 0 Å². The minimum Gasteiger partial charge on any atom is -0.494 e. The fourth-order valence-electron chi connectivity index (χ4n) is 2.93. The van der Waals surface area contributed by atoms with Crippen molar-refractivity contribution in [2.45, 2.75) is 33.3 Å². The smallest absolute Gasteiger partial charge is 0.279 e. The maximum Gasteiger partial charge on any atom is 0.279 e. The molecule has 1 atom stereocenters. The van der Waals surface area contributed by atoms with Crippen LogP contribution in [0, 0.1) is 5.92 Å². The van der Waals surface area contributed by atoms with Crippen LogP contribution in [0.2, 0.25) is 0 Å². The first-order chi connectivity index (χ1) is 14.9. The van der Waals surface area contributed by atoms with Crippen molar-refractivity contribution in [3.8, 4) is 11.5 Å². The van der Waals surface area contributed by atoms with Crippen molar-refractivity contribution in [1.29, 1.82) is 0 Å². The summed E-state index contributed by atoms with van der Waals surface area (Å²) in [5.41, 5.74) is 5.23. The molecule has 0 spiro atoms. The monoisotopic (exact) mass is 420 g/mol. The number of ether oxygens (including phenoxy) is 2. The lowest BCUT2D eigenvalue weighted by Crippen LogP contribution is -2.47. The highest BCUT2D eigenvalue weighted by Gasteiger charge is 2.16. The second-order valence-electron chi connectivity index (χ2n) is 7.77. The summed E-state index contributed by atoms with van der Waals surface area (Å²) in [6.07, 6.45) is 0.147. The van der Waals surface area contributed by atoms with Crippen LogP contribution in [0.25, 0.3) is 10.8 Å². The average Bonchev–Trinajstić information content (AvgIpc) is 2.77. The summed E-state index contributed by atoms with van der Waals surface area (Å²) in [7, 11) is 0. The number of hydrazine groups is 1. The van der Waals surface area contributed by atoms with Gasteiger partial charge in [0.1, 0.15) is 11.5 Å². The molecular weight excluding hydrogens is 392 g/mol. The lowest BCUT2D eigenvalue weighted by molar-refractivity contribution is -0.128. The quantitative estimate of drug-likeness (QED) is 0.527. The second kappa shape index (κ2) is 10.5. The van der Waals surface area contributed by atoms with Crippen molar-refractivity contribution in [2.75, 3.05) is 6.61 Å². The standard InChI is InChI=1S/C25H28N2O4/c1-17(2)13-14-30-22-10-6-9-21(16-22)25(29)27-26-24(28)18(3)31-23-12-11-19-7-4-5-8-20(19)15-23/h4-12,15-18H,13-14H2,1-3H3,(H,26,28)(H,27,29)/t18-/m1/s1. The Hall–Kier alpha value is -3.54. The number of carbonyl (C=O) groups excluding carboxylic acids is 2. The molecule has 0 saturated heterocycles. The summed E-state index contributed by atoms with van der Waals surface area (Å²) in [6, 6.07) is 20.4. The van der Waals surface area contributed by atoms with E-state index in [-0.39, 0.29) is 0 Å². The van der Waals surface area contributed by atoms with Gasteiger partial charge in [0.15, 0.2) is 6.10 Å². The van der Waals surface area contributed by atoms with Crippen LogP contribution in [0.5, 0.6) is 11.5 Å². The average molecular weight is 421 g/mol. The van der Waals surface area contributed by atoms with Gasteiger partial charge in [0, 0.05) is 5.56 Å². The second-order valence-corrected chi connectivity index (χ2v) is 7.77. The van der Waals surface area contributed by atoms with E-state index in [0.29, 0.717) is 29.6 Å². The molecule has 2 amide bonds. The van der Waals surface area contributed by atoms with Crippen LogP contribution in [-0.2, 0) is 4.79 Å². The fraction of sp³-hybridized carbons (Fsp3) is 0.280. The van der Waals surface area contributed by atoms with Gasteiger partial charge in [-0.1, -0.05) is 50.2 Å². The Morgan fingerprint density at radius 1 is 0.839 bits per heavy atom. The van der Waals surface area contributed by atoms with E-state index in [0.717, 1.165) is 17.2 Å². The zero-order chi connectivity index (χ0) is 22.2. The number of hydrogen-bond donors (Lipinski definition) is 2. The van der Waals surface area contributed by atoms with E-state index >= 15 is 0 Å². The molecule has 3 aromatic carbocycles. The molecule has 0 bridgehead atoms. The summed E-state index contributed by atoms with van der Waals surface area (Å²) < 4.78 is 11.4. The van der Waals surface area contributed by atoms with Gasteiger partial charge in [0.05, 0.1) is 6.61 Å². The lowest BCUT2D eigenvalue weighted by Gasteiger charge is -2.16. The SMILES string of the molecule is CC(C)CCOc1cccc(C(=O)NNC(=O)[C@@H](C)Oc2ccc3ccccc3c2)c1. The number of hydrogen-bond acceptors (Lipinski definition) is 4. The van der Waals surface area contributed by atoms with E-state index in [9.17, 15) is 9.59 Å². The van der Waals surface area contributed by atoms with E-state index < -0.39 is 17.9 Å². The van der Waals surface area contributed by atoms with Crippen molar-refractivity contribution in [2.24, 2.45) is 5.92 Å². The van der Waals surface area contributed by atoms with E-state index in [1.165, 1.54) is 0 Å². The molecule has 0 saturated carbocycles. The molecule has 0 heterocycles. The highest BCUT2D eigenvalue weighted by atomic mass is 16.5. The van der Waals surface area contributed by atoms with Crippen LogP contribution in [0.4, 0.5) is 0 Å². The molecule has 0 aliphatic carbocycles. The van der Waals surface area contributed by atoms with Gasteiger partial charge in [-0.25, -0.2) is 0 Å². The van der Waals surface area contributed by atoms with Crippen LogP contribution < -0.4 is 20.3 Å². The Bertz CT molecular complexity index is 1050. The molecule has 3 rings (SSSR count). The highest BCUT2D eigenvalue weighted by molar-refractivity contribution is 5.96. The van der Waals surface area contributed by atoms with Gasteiger partial charge in [-0.2, -0.15) is 0 Å². The Morgan fingerprint density at radius 2 is 1.61 bits per heavy atom. The first kappa shape index (κ1) is 22.2. The summed E-state index contributed by atoms with van der Waals surface area (Å²) in [6.45, 7) is 6.46. The van der Waals surface area contributed by atoms with E-state index in [4.69, 9.17) is 9.47 Å². The molecule has 0 radical (unpaired) electrons. The molecule has 0 unspecified atom stereocenters. The summed E-state index contributed by atoms with van der Waals surface area (Å²) in [5, 5.41) is 2.12. The van der Waals surface area contributed by atoms with Crippen LogP contribution in [-0.4, -0.2) is 24.5 Å². The zero-order valence-corrected chi connectivity index (χ0v) is 18.1. The van der Waals surface area contributed by atoms with Crippen molar-refractivity contribution >= 4 is 22.6 Å². The molecule has 3 aromatic rings. The Morgan fingerprint density at radius 3 is 2.39 bits per heavy atom. The predicted molar refractivity (Wildman–Crippen MR) is 121 cm³/mol.